The van der Waals surface area contributed by atoms with Gasteiger partial charge in [0.2, 0.25) is 0 Å². The number of likely N-dealkylation sites (N-methyl/N-ethyl adjacent to an activating group) is 1. The number of quaternary nitrogens is 1. The van der Waals surface area contributed by atoms with Crippen LogP contribution in [0.3, 0.4) is 0 Å². The maximum Gasteiger partial charge on any atom is 0.306 e. The summed E-state index contributed by atoms with van der Waals surface area (Å²) in [5.41, 5.74) is 0. The van der Waals surface area contributed by atoms with Crippen molar-refractivity contribution in [1.82, 2.24) is 0 Å². The highest BCUT2D eigenvalue weighted by atomic mass is 16.7. The number of rotatable bonds is 72. The second-order valence-corrected chi connectivity index (χ2v) is 27.3. The molecule has 0 spiro atoms. The van der Waals surface area contributed by atoms with E-state index >= 15 is 0 Å². The van der Waals surface area contributed by atoms with E-state index in [0.717, 1.165) is 70.6 Å². The molecule has 0 aliphatic heterocycles. The van der Waals surface area contributed by atoms with Crippen molar-refractivity contribution in [2.24, 2.45) is 0 Å². The Labute approximate surface area is 563 Å². The number of nitrogens with zero attached hydrogens (tertiary/aromatic N) is 1. The average Bonchev–Trinajstić information content (AvgIpc) is 3.50. The van der Waals surface area contributed by atoms with Crippen molar-refractivity contribution in [1.29, 1.82) is 0 Å². The van der Waals surface area contributed by atoms with Gasteiger partial charge in [0, 0.05) is 12.8 Å². The van der Waals surface area contributed by atoms with Crippen LogP contribution in [0, 0.1) is 0 Å². The van der Waals surface area contributed by atoms with Crippen LogP contribution in [0.5, 0.6) is 0 Å². The first-order chi connectivity index (χ1) is 44.6. The predicted molar refractivity (Wildman–Crippen MR) is 389 cm³/mol. The summed E-state index contributed by atoms with van der Waals surface area (Å²) >= 11 is 0. The number of carboxylic acid groups (broad SMARTS) is 1. The van der Waals surface area contributed by atoms with Crippen LogP contribution in [0.2, 0.25) is 0 Å². The van der Waals surface area contributed by atoms with E-state index < -0.39 is 24.3 Å². The van der Waals surface area contributed by atoms with Gasteiger partial charge in [0.25, 0.3) is 0 Å². The fraction of sp³-hybridized carbons (Fsp3) is 0.793. The van der Waals surface area contributed by atoms with Gasteiger partial charge in [0.15, 0.2) is 12.4 Å². The van der Waals surface area contributed by atoms with Crippen LogP contribution in [0.4, 0.5) is 0 Å². The number of carbonyl (C=O) groups is 3. The maximum absolute atomic E-state index is 13.0. The topological polar surface area (TPSA) is 111 Å². The summed E-state index contributed by atoms with van der Waals surface area (Å²) in [5.74, 6) is -2.26. The fourth-order valence-electron chi connectivity index (χ4n) is 11.2. The summed E-state index contributed by atoms with van der Waals surface area (Å²) in [6.45, 7) is 4.67. The minimum Gasteiger partial charge on any atom is -0.545 e. The number of hydrogen-bond donors (Lipinski definition) is 0. The van der Waals surface area contributed by atoms with E-state index in [2.05, 4.69) is 98.9 Å². The Hall–Kier alpha value is -3.53. The largest absolute Gasteiger partial charge is 0.545 e. The van der Waals surface area contributed by atoms with Gasteiger partial charge in [0.1, 0.15) is 13.2 Å². The van der Waals surface area contributed by atoms with Gasteiger partial charge in [-0.15, -0.1) is 0 Å². The Kier molecular flexibility index (Phi) is 69.5. The summed E-state index contributed by atoms with van der Waals surface area (Å²) < 4.78 is 22.9. The van der Waals surface area contributed by atoms with Crippen molar-refractivity contribution in [2.75, 3.05) is 47.5 Å². The smallest absolute Gasteiger partial charge is 0.306 e. The monoisotopic (exact) mass is 1270 g/mol. The average molecular weight is 1280 g/mol. The Morgan fingerprint density at radius 3 is 0.934 bits per heavy atom. The highest BCUT2D eigenvalue weighted by Crippen LogP contribution is 2.19. The van der Waals surface area contributed by atoms with E-state index in [1.54, 1.807) is 0 Å². The van der Waals surface area contributed by atoms with Crippen molar-refractivity contribution >= 4 is 17.9 Å². The summed E-state index contributed by atoms with van der Waals surface area (Å²) in [4.78, 5) is 37.6. The van der Waals surface area contributed by atoms with E-state index in [-0.39, 0.29) is 32.2 Å². The van der Waals surface area contributed by atoms with E-state index in [4.69, 9.17) is 18.9 Å². The minimum absolute atomic E-state index is 0.148. The van der Waals surface area contributed by atoms with Gasteiger partial charge in [-0.05, 0) is 89.9 Å². The summed E-state index contributed by atoms with van der Waals surface area (Å²) in [6, 6.07) is 0. The lowest BCUT2D eigenvalue weighted by molar-refractivity contribution is -0.870. The predicted octanol–water partition coefficient (Wildman–Crippen LogP) is 23.3. The number of ether oxygens (including phenoxy) is 4. The van der Waals surface area contributed by atoms with Crippen LogP contribution < -0.4 is 5.11 Å². The molecular weight excluding hydrogens is 1130 g/mol. The number of aliphatic carboxylic acids is 1. The van der Waals surface area contributed by atoms with Crippen LogP contribution in [0.1, 0.15) is 361 Å². The molecule has 0 bridgehead atoms. The van der Waals surface area contributed by atoms with Crippen LogP contribution >= 0.6 is 0 Å². The zero-order valence-electron chi connectivity index (χ0n) is 60.5. The third kappa shape index (κ3) is 73.7. The molecule has 528 valence electrons. The van der Waals surface area contributed by atoms with E-state index in [1.165, 1.54) is 257 Å². The van der Waals surface area contributed by atoms with Crippen molar-refractivity contribution in [3.05, 3.63) is 85.1 Å². The fourth-order valence-corrected chi connectivity index (χ4v) is 11.2. The molecule has 2 unspecified atom stereocenters. The Balaban J connectivity index is 4.01. The number of carbonyl (C=O) groups excluding carboxylic acids is 3. The highest BCUT2D eigenvalue weighted by molar-refractivity contribution is 5.70. The SMILES string of the molecule is CC/C=C\C/C=C\C/C=C\C/C=C\CCCCCCCCCCCCCCCCCCCCCCCCCCC(=O)OC(COC(=O)CCCCCCCCCCCCCCCC/C=C\C/C=C\C/C=C\CCCCCCC)COC(OCC[N+](C)(C)C)C(=O)[O-]. The molecule has 9 heteroatoms. The third-order valence-corrected chi connectivity index (χ3v) is 17.1. The summed E-state index contributed by atoms with van der Waals surface area (Å²) in [5, 5.41) is 11.9. The lowest BCUT2D eigenvalue weighted by atomic mass is 10.0. The first-order valence-corrected chi connectivity index (χ1v) is 38.7. The van der Waals surface area contributed by atoms with Gasteiger partial charge >= 0.3 is 11.9 Å². The molecule has 0 aromatic rings. The molecular formula is C82H147NO8. The van der Waals surface area contributed by atoms with E-state index in [1.807, 2.05) is 21.1 Å². The molecule has 0 N–H and O–H groups in total. The quantitative estimate of drug-likeness (QED) is 0.0195. The second kappa shape index (κ2) is 72.3. The molecule has 0 fully saturated rings. The molecule has 0 aliphatic carbocycles. The molecule has 0 heterocycles. The highest BCUT2D eigenvalue weighted by Gasteiger charge is 2.22. The lowest BCUT2D eigenvalue weighted by Crippen LogP contribution is -2.44. The molecule has 91 heavy (non-hydrogen) atoms. The Morgan fingerprint density at radius 2 is 0.626 bits per heavy atom. The van der Waals surface area contributed by atoms with Gasteiger partial charge in [0.05, 0.1) is 40.3 Å². The standard InChI is InChI=1S/C82H147NO8/c1-6-8-10-12-14-16-18-20-22-24-26-28-30-32-34-36-37-38-39-40-41-42-43-45-47-49-51-53-55-57-59-61-63-65-67-69-71-73-80(85)91-78(77-90-82(81(86)87)88-75-74-83(3,4)5)76-89-79(84)72-70-68-66-64-62-60-58-56-54-52-50-48-46-44-35-33-31-29-27-25-23-21-19-17-15-13-11-9-7-2/h8,10,14,16,19-22,25-28,31,33,78,82H,6-7,9,11-13,15,17-18,23-24,29-30,32,34-77H2,1-5H3/b10-8-,16-14-,21-19-,22-20-,27-25-,28-26-,33-31-. The van der Waals surface area contributed by atoms with E-state index in [9.17, 15) is 19.5 Å². The number of hydrogen-bond acceptors (Lipinski definition) is 8. The van der Waals surface area contributed by atoms with Gasteiger partial charge in [-0.25, -0.2) is 0 Å². The molecule has 9 nitrogen and oxygen atoms in total. The summed E-state index contributed by atoms with van der Waals surface area (Å²) in [6.07, 6.45) is 95.5. The van der Waals surface area contributed by atoms with Crippen molar-refractivity contribution in [3.63, 3.8) is 0 Å². The van der Waals surface area contributed by atoms with Crippen LogP contribution in [-0.4, -0.2) is 82.3 Å². The van der Waals surface area contributed by atoms with E-state index in [0.29, 0.717) is 23.9 Å². The number of allylic oxidation sites excluding steroid dienone is 14. The van der Waals surface area contributed by atoms with Crippen molar-refractivity contribution in [2.45, 2.75) is 373 Å². The number of unbranched alkanes of at least 4 members (excludes halogenated alkanes) is 43. The first kappa shape index (κ1) is 87.5. The first-order valence-electron chi connectivity index (χ1n) is 38.7. The molecule has 0 amide bonds. The summed E-state index contributed by atoms with van der Waals surface area (Å²) in [7, 11) is 5.94. The van der Waals surface area contributed by atoms with Gasteiger partial charge in [-0.3, -0.25) is 9.59 Å². The molecule has 0 aromatic heterocycles. The molecule has 0 radical (unpaired) electrons. The van der Waals surface area contributed by atoms with Gasteiger partial charge in [-0.2, -0.15) is 0 Å². The Morgan fingerprint density at radius 1 is 0.341 bits per heavy atom. The Bertz CT molecular complexity index is 1770. The molecule has 0 aromatic carbocycles. The second-order valence-electron chi connectivity index (χ2n) is 27.3. The van der Waals surface area contributed by atoms with Crippen LogP contribution in [-0.2, 0) is 33.3 Å². The van der Waals surface area contributed by atoms with Crippen molar-refractivity contribution in [3.8, 4) is 0 Å². The number of carboxylic acids is 1. The van der Waals surface area contributed by atoms with Crippen LogP contribution in [0.15, 0.2) is 85.1 Å². The maximum atomic E-state index is 13.0. The zero-order chi connectivity index (χ0) is 66.1. The van der Waals surface area contributed by atoms with Gasteiger partial charge in [-0.1, -0.05) is 343 Å². The van der Waals surface area contributed by atoms with Crippen LogP contribution in [0.25, 0.3) is 0 Å². The number of esters is 2. The minimum atomic E-state index is -1.62. The lowest BCUT2D eigenvalue weighted by Gasteiger charge is -2.26. The molecule has 2 atom stereocenters. The molecule has 0 saturated carbocycles. The zero-order valence-corrected chi connectivity index (χ0v) is 60.5. The molecule has 0 saturated heterocycles. The normalized spacial score (nSPS) is 13.1. The van der Waals surface area contributed by atoms with Gasteiger partial charge < -0.3 is 33.3 Å². The van der Waals surface area contributed by atoms with Crippen molar-refractivity contribution < 1.29 is 42.9 Å². The molecule has 0 aliphatic rings. The molecule has 0 rings (SSSR count). The third-order valence-electron chi connectivity index (χ3n) is 17.1.